The van der Waals surface area contributed by atoms with Gasteiger partial charge in [0.15, 0.2) is 0 Å². The van der Waals surface area contributed by atoms with Crippen LogP contribution in [0.15, 0.2) is 41.6 Å². The molecule has 162 valence electrons. The normalized spacial score (nSPS) is 17.0. The number of rotatable bonds is 8. The second kappa shape index (κ2) is 10.4. The minimum atomic E-state index is -0.904. The van der Waals surface area contributed by atoms with E-state index in [0.717, 1.165) is 0 Å². The molecule has 2 rings (SSSR count). The van der Waals surface area contributed by atoms with Crippen molar-refractivity contribution in [3.63, 3.8) is 0 Å². The van der Waals surface area contributed by atoms with E-state index in [-0.39, 0.29) is 30.4 Å². The van der Waals surface area contributed by atoms with E-state index in [0.29, 0.717) is 5.56 Å². The van der Waals surface area contributed by atoms with Crippen molar-refractivity contribution >= 4 is 23.9 Å². The zero-order valence-corrected chi connectivity index (χ0v) is 17.5. The molecule has 0 fully saturated rings. The van der Waals surface area contributed by atoms with Gasteiger partial charge >= 0.3 is 18.0 Å². The molecule has 1 unspecified atom stereocenters. The molecule has 0 radical (unpaired) electrons. The number of hydrogen-bond acceptors (Lipinski definition) is 6. The zero-order valence-electron chi connectivity index (χ0n) is 17.5. The first-order chi connectivity index (χ1) is 14.2. The Morgan fingerprint density at radius 1 is 1.13 bits per heavy atom. The van der Waals surface area contributed by atoms with E-state index in [1.165, 1.54) is 0 Å². The first-order valence-corrected chi connectivity index (χ1v) is 9.74. The third-order valence-corrected chi connectivity index (χ3v) is 4.47. The summed E-state index contributed by atoms with van der Waals surface area (Å²) in [4.78, 5) is 49.1. The number of carbonyl (C=O) groups is 4. The average molecular weight is 417 g/mol. The molecule has 0 bridgehead atoms. The summed E-state index contributed by atoms with van der Waals surface area (Å²) in [6.07, 6.45) is 0. The van der Waals surface area contributed by atoms with E-state index in [2.05, 4.69) is 16.0 Å². The molecule has 9 heteroatoms. The van der Waals surface area contributed by atoms with Crippen LogP contribution in [0.1, 0.15) is 38.1 Å². The van der Waals surface area contributed by atoms with Crippen LogP contribution in [0, 0.1) is 5.92 Å². The Labute approximate surface area is 175 Å². The van der Waals surface area contributed by atoms with E-state index in [1.807, 2.05) is 0 Å². The maximum absolute atomic E-state index is 12.7. The van der Waals surface area contributed by atoms with Crippen LogP contribution in [0.25, 0.3) is 0 Å². The maximum atomic E-state index is 12.7. The lowest BCUT2D eigenvalue weighted by Crippen LogP contribution is -2.50. The first kappa shape index (κ1) is 22.9. The van der Waals surface area contributed by atoms with E-state index in [9.17, 15) is 19.2 Å². The van der Waals surface area contributed by atoms with E-state index in [4.69, 9.17) is 9.47 Å². The van der Waals surface area contributed by atoms with Crippen LogP contribution in [-0.4, -0.2) is 49.2 Å². The second-order valence-corrected chi connectivity index (χ2v) is 7.10. The molecule has 1 aliphatic heterocycles. The highest BCUT2D eigenvalue weighted by atomic mass is 16.5. The van der Waals surface area contributed by atoms with Crippen molar-refractivity contribution in [2.75, 3.05) is 13.2 Å². The quantitative estimate of drug-likeness (QED) is 0.551. The molecule has 30 heavy (non-hydrogen) atoms. The summed E-state index contributed by atoms with van der Waals surface area (Å²) in [5, 5.41) is 7.73. The minimum Gasteiger partial charge on any atom is -0.463 e. The summed E-state index contributed by atoms with van der Waals surface area (Å²) >= 11 is 0. The highest BCUT2D eigenvalue weighted by Gasteiger charge is 2.32. The summed E-state index contributed by atoms with van der Waals surface area (Å²) in [7, 11) is 0. The van der Waals surface area contributed by atoms with Crippen molar-refractivity contribution in [3.8, 4) is 0 Å². The monoisotopic (exact) mass is 417 g/mol. The predicted molar refractivity (Wildman–Crippen MR) is 108 cm³/mol. The molecule has 2 atom stereocenters. The summed E-state index contributed by atoms with van der Waals surface area (Å²) in [6, 6.07) is 6.49. The lowest BCUT2D eigenvalue weighted by Gasteiger charge is -2.27. The molecule has 3 N–H and O–H groups in total. The number of nitrogens with one attached hydrogen (secondary N) is 3. The van der Waals surface area contributed by atoms with Crippen LogP contribution in [0.3, 0.4) is 0 Å². The van der Waals surface area contributed by atoms with Crippen LogP contribution < -0.4 is 16.0 Å². The average Bonchev–Trinajstić information content (AvgIpc) is 2.70. The van der Waals surface area contributed by atoms with Crippen LogP contribution in [0.5, 0.6) is 0 Å². The van der Waals surface area contributed by atoms with Gasteiger partial charge in [-0.2, -0.15) is 0 Å². The summed E-state index contributed by atoms with van der Waals surface area (Å²) in [5.41, 5.74) is 0.747. The predicted octanol–water partition coefficient (Wildman–Crippen LogP) is 1.50. The summed E-state index contributed by atoms with van der Waals surface area (Å²) in [6.45, 7) is 6.67. The topological polar surface area (TPSA) is 123 Å². The van der Waals surface area contributed by atoms with Crippen molar-refractivity contribution < 1.29 is 28.7 Å². The van der Waals surface area contributed by atoms with Gasteiger partial charge < -0.3 is 25.4 Å². The smallest absolute Gasteiger partial charge is 0.338 e. The standard InChI is InChI=1S/C21H27N3O6/c1-5-29-19(26)16-13(4)22-21(28)23-15(16)11-30-20(27)17(12(2)3)24-18(25)14-9-7-6-8-10-14/h6-10,12-13,17H,5,11H2,1-4H3,(H,24,25)(H2,22,23,28)/t13?,17-/m0/s1. The van der Waals surface area contributed by atoms with Gasteiger partial charge in [-0.05, 0) is 31.9 Å². The van der Waals surface area contributed by atoms with Gasteiger partial charge in [0.05, 0.1) is 23.9 Å². The highest BCUT2D eigenvalue weighted by molar-refractivity contribution is 5.97. The Bertz CT molecular complexity index is 834. The third-order valence-electron chi connectivity index (χ3n) is 4.47. The first-order valence-electron chi connectivity index (χ1n) is 9.74. The van der Waals surface area contributed by atoms with Gasteiger partial charge in [-0.3, -0.25) is 4.79 Å². The van der Waals surface area contributed by atoms with Crippen LogP contribution in [-0.2, 0) is 19.1 Å². The van der Waals surface area contributed by atoms with Gasteiger partial charge in [-0.25, -0.2) is 14.4 Å². The second-order valence-electron chi connectivity index (χ2n) is 7.10. The lowest BCUT2D eigenvalue weighted by atomic mass is 10.0. The number of carbonyl (C=O) groups excluding carboxylic acids is 4. The Morgan fingerprint density at radius 3 is 2.40 bits per heavy atom. The largest absolute Gasteiger partial charge is 0.463 e. The molecule has 0 saturated heterocycles. The van der Waals surface area contributed by atoms with Crippen LogP contribution >= 0.6 is 0 Å². The molecule has 1 aliphatic rings. The van der Waals surface area contributed by atoms with Crippen LogP contribution in [0.4, 0.5) is 4.79 Å². The van der Waals surface area contributed by atoms with Gasteiger partial charge in [0.25, 0.3) is 5.91 Å². The molecular weight excluding hydrogens is 390 g/mol. The van der Waals surface area contributed by atoms with Crippen molar-refractivity contribution in [1.29, 1.82) is 0 Å². The molecule has 0 saturated carbocycles. The number of esters is 2. The fraction of sp³-hybridized carbons (Fsp3) is 0.429. The molecule has 9 nitrogen and oxygen atoms in total. The fourth-order valence-electron chi connectivity index (χ4n) is 2.94. The highest BCUT2D eigenvalue weighted by Crippen LogP contribution is 2.15. The van der Waals surface area contributed by atoms with Crippen LogP contribution in [0.2, 0.25) is 0 Å². The molecule has 1 aromatic carbocycles. The van der Waals surface area contributed by atoms with Gasteiger partial charge in [0.1, 0.15) is 12.6 Å². The molecule has 0 spiro atoms. The molecule has 1 heterocycles. The number of amides is 3. The third kappa shape index (κ3) is 5.82. The SMILES string of the molecule is CCOC(=O)C1=C(COC(=O)[C@@H](NC(=O)c2ccccc2)C(C)C)NC(=O)NC1C. The van der Waals surface area contributed by atoms with E-state index in [1.54, 1.807) is 58.0 Å². The zero-order chi connectivity index (χ0) is 22.3. The Kier molecular flexibility index (Phi) is 7.97. The summed E-state index contributed by atoms with van der Waals surface area (Å²) in [5.74, 6) is -1.93. The lowest BCUT2D eigenvalue weighted by molar-refractivity contribution is -0.146. The molecular formula is C21H27N3O6. The number of benzene rings is 1. The summed E-state index contributed by atoms with van der Waals surface area (Å²) < 4.78 is 10.4. The van der Waals surface area contributed by atoms with Crippen molar-refractivity contribution in [3.05, 3.63) is 47.2 Å². The Hall–Kier alpha value is -3.36. The van der Waals surface area contributed by atoms with Gasteiger partial charge in [-0.1, -0.05) is 32.0 Å². The Morgan fingerprint density at radius 2 is 1.80 bits per heavy atom. The Balaban J connectivity index is 2.12. The fourth-order valence-corrected chi connectivity index (χ4v) is 2.94. The molecule has 0 aromatic heterocycles. The number of urea groups is 1. The van der Waals surface area contributed by atoms with Gasteiger partial charge in [0, 0.05) is 5.56 Å². The minimum absolute atomic E-state index is 0.148. The van der Waals surface area contributed by atoms with Crippen molar-refractivity contribution in [1.82, 2.24) is 16.0 Å². The van der Waals surface area contributed by atoms with E-state index < -0.39 is 36.0 Å². The number of hydrogen-bond donors (Lipinski definition) is 3. The van der Waals surface area contributed by atoms with Crippen molar-refractivity contribution in [2.24, 2.45) is 5.92 Å². The molecule has 1 aromatic rings. The van der Waals surface area contributed by atoms with Gasteiger partial charge in [0.2, 0.25) is 0 Å². The van der Waals surface area contributed by atoms with Gasteiger partial charge in [-0.15, -0.1) is 0 Å². The maximum Gasteiger partial charge on any atom is 0.338 e. The number of ether oxygens (including phenoxy) is 2. The molecule has 3 amide bonds. The molecule has 0 aliphatic carbocycles. The van der Waals surface area contributed by atoms with E-state index >= 15 is 0 Å². The van der Waals surface area contributed by atoms with Crippen molar-refractivity contribution in [2.45, 2.75) is 39.8 Å².